The molecule has 5 heteroatoms. The van der Waals surface area contributed by atoms with Crippen LogP contribution in [0.3, 0.4) is 0 Å². The summed E-state index contributed by atoms with van der Waals surface area (Å²) in [5.41, 5.74) is 2.42. The van der Waals surface area contributed by atoms with Crippen molar-refractivity contribution in [2.24, 2.45) is 0 Å². The van der Waals surface area contributed by atoms with Crippen molar-refractivity contribution >= 4 is 23.4 Å². The molecule has 0 bridgehead atoms. The second-order valence-corrected chi connectivity index (χ2v) is 5.09. The van der Waals surface area contributed by atoms with E-state index < -0.39 is 0 Å². The van der Waals surface area contributed by atoms with E-state index in [4.69, 9.17) is 11.6 Å². The summed E-state index contributed by atoms with van der Waals surface area (Å²) >= 11 is 5.90. The Kier molecular flexibility index (Phi) is 3.03. The quantitative estimate of drug-likeness (QED) is 0.630. The monoisotopic (exact) mass is 286 g/mol. The first-order valence-corrected chi connectivity index (χ1v) is 6.52. The minimum absolute atomic E-state index is 0.133. The first kappa shape index (κ1) is 12.8. The van der Waals surface area contributed by atoms with Crippen LogP contribution in [0.1, 0.15) is 32.0 Å². The van der Waals surface area contributed by atoms with Gasteiger partial charge in [0, 0.05) is 0 Å². The fourth-order valence-electron chi connectivity index (χ4n) is 2.32. The minimum Gasteiger partial charge on any atom is -0.269 e. The van der Waals surface area contributed by atoms with Crippen LogP contribution in [0.5, 0.6) is 0 Å². The number of carbonyl (C=O) groups excluding carboxylic acids is 2. The van der Waals surface area contributed by atoms with Crippen molar-refractivity contribution in [3.05, 3.63) is 63.9 Å². The van der Waals surface area contributed by atoms with E-state index in [-0.39, 0.29) is 18.4 Å². The van der Waals surface area contributed by atoms with Crippen molar-refractivity contribution in [1.82, 2.24) is 9.88 Å². The predicted molar refractivity (Wildman–Crippen MR) is 74.6 cm³/mol. The third-order valence-electron chi connectivity index (χ3n) is 3.19. The Morgan fingerprint density at radius 1 is 1.10 bits per heavy atom. The van der Waals surface area contributed by atoms with Crippen molar-refractivity contribution < 1.29 is 9.59 Å². The zero-order valence-corrected chi connectivity index (χ0v) is 11.5. The van der Waals surface area contributed by atoms with E-state index in [9.17, 15) is 9.59 Å². The van der Waals surface area contributed by atoms with Gasteiger partial charge in [-0.3, -0.25) is 14.5 Å². The largest absolute Gasteiger partial charge is 0.269 e. The molecule has 1 aromatic carbocycles. The Balaban J connectivity index is 1.93. The molecule has 100 valence electrons. The van der Waals surface area contributed by atoms with Gasteiger partial charge in [-0.15, -0.1) is 0 Å². The average molecular weight is 287 g/mol. The zero-order valence-electron chi connectivity index (χ0n) is 10.8. The highest BCUT2D eigenvalue weighted by Gasteiger charge is 2.35. The first-order chi connectivity index (χ1) is 9.56. The van der Waals surface area contributed by atoms with E-state index in [1.807, 2.05) is 13.0 Å². The van der Waals surface area contributed by atoms with Crippen LogP contribution in [-0.2, 0) is 6.54 Å². The summed E-state index contributed by atoms with van der Waals surface area (Å²) in [6.45, 7) is 2.02. The summed E-state index contributed by atoms with van der Waals surface area (Å²) in [7, 11) is 0. The van der Waals surface area contributed by atoms with Crippen molar-refractivity contribution in [3.63, 3.8) is 0 Å². The number of hydrogen-bond donors (Lipinski definition) is 0. The normalized spacial score (nSPS) is 13.8. The van der Waals surface area contributed by atoms with E-state index in [0.717, 1.165) is 5.56 Å². The van der Waals surface area contributed by atoms with Crippen molar-refractivity contribution in [1.29, 1.82) is 0 Å². The maximum atomic E-state index is 12.2. The van der Waals surface area contributed by atoms with Gasteiger partial charge in [-0.25, -0.2) is 4.98 Å². The average Bonchev–Trinajstić information content (AvgIpc) is 2.64. The third-order valence-corrected chi connectivity index (χ3v) is 3.38. The molecular weight excluding hydrogens is 276 g/mol. The fourth-order valence-corrected chi connectivity index (χ4v) is 2.60. The SMILES string of the molecule is Cc1cc(Cl)nc(CN2C(=O)c3ccccc3C2=O)c1. The zero-order chi connectivity index (χ0) is 14.3. The lowest BCUT2D eigenvalue weighted by molar-refractivity contribution is 0.0640. The highest BCUT2D eigenvalue weighted by Crippen LogP contribution is 2.24. The van der Waals surface area contributed by atoms with Gasteiger partial charge in [0.25, 0.3) is 11.8 Å². The fraction of sp³-hybridized carbons (Fsp3) is 0.133. The molecule has 0 saturated heterocycles. The van der Waals surface area contributed by atoms with Gasteiger partial charge >= 0.3 is 0 Å². The van der Waals surface area contributed by atoms with Gasteiger partial charge in [-0.1, -0.05) is 23.7 Å². The summed E-state index contributed by atoms with van der Waals surface area (Å²) in [4.78, 5) is 29.8. The molecule has 2 amide bonds. The molecule has 1 aromatic heterocycles. The Labute approximate surface area is 121 Å². The predicted octanol–water partition coefficient (Wildman–Crippen LogP) is 2.84. The molecule has 0 N–H and O–H groups in total. The Hall–Kier alpha value is -2.20. The van der Waals surface area contributed by atoms with Gasteiger partial charge in [0.15, 0.2) is 0 Å². The molecule has 0 fully saturated rings. The molecular formula is C15H11ClN2O2. The molecule has 0 unspecified atom stereocenters. The van der Waals surface area contributed by atoms with Gasteiger partial charge < -0.3 is 0 Å². The van der Waals surface area contributed by atoms with E-state index in [1.165, 1.54) is 4.90 Å². The van der Waals surface area contributed by atoms with Crippen LogP contribution in [-0.4, -0.2) is 21.7 Å². The molecule has 3 rings (SSSR count). The summed E-state index contributed by atoms with van der Waals surface area (Å²) in [6, 6.07) is 10.4. The number of halogens is 1. The van der Waals surface area contributed by atoms with Gasteiger partial charge in [0.05, 0.1) is 23.4 Å². The molecule has 2 heterocycles. The van der Waals surface area contributed by atoms with E-state index >= 15 is 0 Å². The van der Waals surface area contributed by atoms with Crippen LogP contribution in [0.4, 0.5) is 0 Å². The van der Waals surface area contributed by atoms with Crippen molar-refractivity contribution in [3.8, 4) is 0 Å². The number of fused-ring (bicyclic) bond motifs is 1. The summed E-state index contributed by atoms with van der Waals surface area (Å²) < 4.78 is 0. The molecule has 2 aromatic rings. The summed E-state index contributed by atoms with van der Waals surface area (Å²) in [5, 5.41) is 0.358. The molecule has 0 atom stereocenters. The lowest BCUT2D eigenvalue weighted by Crippen LogP contribution is -2.29. The number of aryl methyl sites for hydroxylation is 1. The smallest absolute Gasteiger partial charge is 0.261 e. The molecule has 0 spiro atoms. The molecule has 0 saturated carbocycles. The van der Waals surface area contributed by atoms with Crippen LogP contribution >= 0.6 is 11.6 Å². The molecule has 20 heavy (non-hydrogen) atoms. The number of carbonyl (C=O) groups is 2. The third kappa shape index (κ3) is 2.08. The first-order valence-electron chi connectivity index (χ1n) is 6.14. The van der Waals surface area contributed by atoms with Crippen molar-refractivity contribution in [2.75, 3.05) is 0 Å². The lowest BCUT2D eigenvalue weighted by atomic mass is 10.1. The number of aromatic nitrogens is 1. The van der Waals surface area contributed by atoms with Crippen LogP contribution in [0, 0.1) is 6.92 Å². The van der Waals surface area contributed by atoms with Gasteiger partial charge in [0.1, 0.15) is 5.15 Å². The van der Waals surface area contributed by atoms with Crippen molar-refractivity contribution in [2.45, 2.75) is 13.5 Å². The van der Waals surface area contributed by atoms with Gasteiger partial charge in [0.2, 0.25) is 0 Å². The number of imide groups is 1. The van der Waals surface area contributed by atoms with Crippen LogP contribution in [0.15, 0.2) is 36.4 Å². The summed E-state index contributed by atoms with van der Waals surface area (Å²) in [6.07, 6.45) is 0. The number of amides is 2. The topological polar surface area (TPSA) is 50.3 Å². The van der Waals surface area contributed by atoms with Crippen LogP contribution in [0.2, 0.25) is 5.15 Å². The maximum Gasteiger partial charge on any atom is 0.261 e. The Morgan fingerprint density at radius 3 is 2.25 bits per heavy atom. The second-order valence-electron chi connectivity index (χ2n) is 4.70. The molecule has 0 aliphatic carbocycles. The van der Waals surface area contributed by atoms with E-state index in [0.29, 0.717) is 22.0 Å². The summed E-state index contributed by atoms with van der Waals surface area (Å²) in [5.74, 6) is -0.574. The molecule has 1 aliphatic rings. The molecule has 1 aliphatic heterocycles. The van der Waals surface area contributed by atoms with Gasteiger partial charge in [-0.2, -0.15) is 0 Å². The minimum atomic E-state index is -0.287. The maximum absolute atomic E-state index is 12.2. The second kappa shape index (κ2) is 4.72. The van der Waals surface area contributed by atoms with E-state index in [2.05, 4.69) is 4.98 Å². The van der Waals surface area contributed by atoms with E-state index in [1.54, 1.807) is 30.3 Å². The highest BCUT2D eigenvalue weighted by atomic mass is 35.5. The Morgan fingerprint density at radius 2 is 1.70 bits per heavy atom. The number of benzene rings is 1. The molecule has 4 nitrogen and oxygen atoms in total. The highest BCUT2D eigenvalue weighted by molar-refractivity contribution is 6.29. The number of hydrogen-bond acceptors (Lipinski definition) is 3. The molecule has 0 radical (unpaired) electrons. The number of rotatable bonds is 2. The van der Waals surface area contributed by atoms with Crippen LogP contribution in [0.25, 0.3) is 0 Å². The van der Waals surface area contributed by atoms with Gasteiger partial charge in [-0.05, 0) is 36.8 Å². The standard InChI is InChI=1S/C15H11ClN2O2/c1-9-6-10(17-13(16)7-9)8-18-14(19)11-4-2-3-5-12(11)15(18)20/h2-7H,8H2,1H3. The van der Waals surface area contributed by atoms with Crippen LogP contribution < -0.4 is 0 Å². The number of nitrogens with zero attached hydrogens (tertiary/aromatic N) is 2. The Bertz CT molecular complexity index is 672. The lowest BCUT2D eigenvalue weighted by Gasteiger charge is -2.13. The number of pyridine rings is 1.